The van der Waals surface area contributed by atoms with Gasteiger partial charge in [-0.1, -0.05) is 62.2 Å². The SMILES string of the molecule is COc1cc(C(=O)O)c(F)cc1NC(=O)[C@@H]1N[C@@H](CC(C)(C)C)[C@@]2(C(=O)Nc3cc(Cl)ccc32)[C@H]1c1cccc(Cl)c1F. The number of carboxylic acid groups (broad SMARTS) is 1. The van der Waals surface area contributed by atoms with Crippen molar-refractivity contribution in [2.75, 3.05) is 17.7 Å². The van der Waals surface area contributed by atoms with Crippen molar-refractivity contribution < 1.29 is 33.0 Å². The van der Waals surface area contributed by atoms with Crippen LogP contribution in [0.3, 0.4) is 0 Å². The van der Waals surface area contributed by atoms with Gasteiger partial charge in [0.15, 0.2) is 0 Å². The number of halogens is 4. The summed E-state index contributed by atoms with van der Waals surface area (Å²) in [7, 11) is 1.24. The van der Waals surface area contributed by atoms with E-state index in [2.05, 4.69) is 16.0 Å². The predicted molar refractivity (Wildman–Crippen MR) is 159 cm³/mol. The monoisotopic (exact) mass is 631 g/mol. The topological polar surface area (TPSA) is 117 Å². The minimum Gasteiger partial charge on any atom is -0.495 e. The summed E-state index contributed by atoms with van der Waals surface area (Å²) in [5.74, 6) is -5.79. The van der Waals surface area contributed by atoms with Crippen LogP contribution in [0.1, 0.15) is 54.6 Å². The molecule has 1 saturated heterocycles. The third-order valence-corrected chi connectivity index (χ3v) is 8.53. The van der Waals surface area contributed by atoms with Gasteiger partial charge in [0.1, 0.15) is 22.8 Å². The van der Waals surface area contributed by atoms with E-state index in [0.29, 0.717) is 22.7 Å². The normalized spacial score (nSPS) is 22.8. The highest BCUT2D eigenvalue weighted by molar-refractivity contribution is 6.31. The fourth-order valence-electron chi connectivity index (χ4n) is 6.35. The van der Waals surface area contributed by atoms with Gasteiger partial charge in [-0.3, -0.25) is 9.59 Å². The molecule has 43 heavy (non-hydrogen) atoms. The Morgan fingerprint density at radius 1 is 1.12 bits per heavy atom. The molecule has 3 aromatic carbocycles. The van der Waals surface area contributed by atoms with Crippen LogP contribution >= 0.6 is 23.2 Å². The molecule has 0 bridgehead atoms. The lowest BCUT2D eigenvalue weighted by Gasteiger charge is -2.37. The van der Waals surface area contributed by atoms with Crippen LogP contribution in [-0.2, 0) is 15.0 Å². The highest BCUT2D eigenvalue weighted by Crippen LogP contribution is 2.57. The number of rotatable bonds is 6. The Kier molecular flexibility index (Phi) is 7.91. The van der Waals surface area contributed by atoms with E-state index in [4.69, 9.17) is 27.9 Å². The van der Waals surface area contributed by atoms with Gasteiger partial charge in [0.25, 0.3) is 0 Å². The van der Waals surface area contributed by atoms with E-state index in [1.165, 1.54) is 19.2 Å². The average Bonchev–Trinajstić information content (AvgIpc) is 3.39. The Bertz CT molecular complexity index is 1660. The maximum Gasteiger partial charge on any atom is 0.338 e. The second kappa shape index (κ2) is 11.1. The minimum absolute atomic E-state index is 0.0360. The van der Waals surface area contributed by atoms with Crippen LogP contribution < -0.4 is 20.7 Å². The molecule has 2 heterocycles. The Hall–Kier alpha value is -3.73. The summed E-state index contributed by atoms with van der Waals surface area (Å²) in [6.45, 7) is 5.95. The zero-order valence-electron chi connectivity index (χ0n) is 23.7. The first-order valence-corrected chi connectivity index (χ1v) is 14.2. The number of carboxylic acids is 1. The molecule has 0 radical (unpaired) electrons. The third kappa shape index (κ3) is 5.21. The highest BCUT2D eigenvalue weighted by Gasteiger charge is 2.66. The lowest BCUT2D eigenvalue weighted by Crippen LogP contribution is -2.49. The largest absolute Gasteiger partial charge is 0.495 e. The summed E-state index contributed by atoms with van der Waals surface area (Å²) in [5, 5.41) is 18.3. The predicted octanol–water partition coefficient (Wildman–Crippen LogP) is 6.37. The molecule has 226 valence electrons. The fourth-order valence-corrected chi connectivity index (χ4v) is 6.70. The van der Waals surface area contributed by atoms with Gasteiger partial charge in [-0.25, -0.2) is 13.6 Å². The molecular formula is C31H29Cl2F2N3O5. The van der Waals surface area contributed by atoms with Crippen molar-refractivity contribution >= 4 is 52.4 Å². The number of methoxy groups -OCH3 is 1. The van der Waals surface area contributed by atoms with Crippen LogP contribution in [-0.4, -0.2) is 42.1 Å². The molecule has 0 aromatic heterocycles. The van der Waals surface area contributed by atoms with Crippen LogP contribution in [0.5, 0.6) is 5.75 Å². The molecule has 3 aromatic rings. The van der Waals surface area contributed by atoms with Crippen molar-refractivity contribution in [3.05, 3.63) is 86.9 Å². The van der Waals surface area contributed by atoms with E-state index in [1.807, 2.05) is 20.8 Å². The van der Waals surface area contributed by atoms with Gasteiger partial charge in [-0.05, 0) is 47.2 Å². The van der Waals surface area contributed by atoms with E-state index >= 15 is 4.39 Å². The molecule has 8 nitrogen and oxygen atoms in total. The summed E-state index contributed by atoms with van der Waals surface area (Å²) in [6.07, 6.45) is 0.399. The number of ether oxygens (including phenoxy) is 1. The Labute approximate surface area is 256 Å². The zero-order valence-corrected chi connectivity index (χ0v) is 25.2. The molecule has 2 amide bonds. The lowest BCUT2D eigenvalue weighted by atomic mass is 9.62. The Morgan fingerprint density at radius 3 is 2.49 bits per heavy atom. The summed E-state index contributed by atoms with van der Waals surface area (Å²) >= 11 is 12.5. The smallest absolute Gasteiger partial charge is 0.338 e. The molecule has 2 aliphatic rings. The van der Waals surface area contributed by atoms with Crippen molar-refractivity contribution in [2.24, 2.45) is 5.41 Å². The van der Waals surface area contributed by atoms with Crippen LogP contribution in [0.2, 0.25) is 10.0 Å². The number of hydrogen-bond acceptors (Lipinski definition) is 5. The van der Waals surface area contributed by atoms with Gasteiger partial charge >= 0.3 is 5.97 Å². The van der Waals surface area contributed by atoms with Gasteiger partial charge in [0, 0.05) is 28.7 Å². The number of fused-ring (bicyclic) bond motifs is 2. The highest BCUT2D eigenvalue weighted by atomic mass is 35.5. The molecule has 0 unspecified atom stereocenters. The summed E-state index contributed by atoms with van der Waals surface area (Å²) < 4.78 is 35.8. The van der Waals surface area contributed by atoms with Crippen molar-refractivity contribution in [2.45, 2.75) is 50.6 Å². The van der Waals surface area contributed by atoms with Gasteiger partial charge in [-0.2, -0.15) is 0 Å². The lowest BCUT2D eigenvalue weighted by molar-refractivity contribution is -0.122. The van der Waals surface area contributed by atoms with E-state index in [0.717, 1.165) is 12.1 Å². The van der Waals surface area contributed by atoms with E-state index in [1.54, 1.807) is 24.3 Å². The molecule has 4 atom stereocenters. The molecule has 5 rings (SSSR count). The number of hydrogen-bond donors (Lipinski definition) is 4. The van der Waals surface area contributed by atoms with Gasteiger partial charge in [0.05, 0.1) is 29.4 Å². The average molecular weight is 632 g/mol. The molecule has 0 saturated carbocycles. The van der Waals surface area contributed by atoms with Crippen LogP contribution in [0, 0.1) is 17.0 Å². The number of nitrogens with one attached hydrogen (secondary N) is 3. The molecule has 4 N–H and O–H groups in total. The Balaban J connectivity index is 1.71. The first-order valence-electron chi connectivity index (χ1n) is 13.4. The number of aromatic carboxylic acids is 1. The molecule has 1 spiro atoms. The van der Waals surface area contributed by atoms with Gasteiger partial charge in [-0.15, -0.1) is 0 Å². The first-order chi connectivity index (χ1) is 20.2. The minimum atomic E-state index is -1.51. The molecule has 0 aliphatic carbocycles. The number of carbonyl (C=O) groups is 3. The summed E-state index contributed by atoms with van der Waals surface area (Å²) in [4.78, 5) is 39.8. The number of benzene rings is 3. The number of amides is 2. The maximum absolute atomic E-state index is 15.9. The second-order valence-electron chi connectivity index (χ2n) is 11.9. The number of anilines is 2. The first kappa shape index (κ1) is 30.7. The molecule has 12 heteroatoms. The molecule has 2 aliphatic heterocycles. The summed E-state index contributed by atoms with van der Waals surface area (Å²) in [6, 6.07) is 9.22. The molecular weight excluding hydrogens is 603 g/mol. The van der Waals surface area contributed by atoms with Crippen LogP contribution in [0.4, 0.5) is 20.2 Å². The molecule has 1 fully saturated rings. The van der Waals surface area contributed by atoms with Gasteiger partial charge in [0.2, 0.25) is 11.8 Å². The van der Waals surface area contributed by atoms with E-state index < -0.39 is 58.4 Å². The zero-order chi connectivity index (χ0) is 31.4. The van der Waals surface area contributed by atoms with E-state index in [-0.39, 0.29) is 27.4 Å². The van der Waals surface area contributed by atoms with Crippen molar-refractivity contribution in [1.82, 2.24) is 5.32 Å². The Morgan fingerprint density at radius 2 is 1.84 bits per heavy atom. The number of carbonyl (C=O) groups excluding carboxylic acids is 2. The second-order valence-corrected chi connectivity index (χ2v) is 12.8. The quantitative estimate of drug-likeness (QED) is 0.251. The van der Waals surface area contributed by atoms with Crippen molar-refractivity contribution in [3.8, 4) is 5.75 Å². The van der Waals surface area contributed by atoms with Crippen LogP contribution in [0.25, 0.3) is 0 Å². The van der Waals surface area contributed by atoms with E-state index in [9.17, 15) is 23.9 Å². The maximum atomic E-state index is 15.9. The fraction of sp³-hybridized carbons (Fsp3) is 0.323. The third-order valence-electron chi connectivity index (χ3n) is 8.00. The standard InChI is InChI=1S/C31H29Cl2F2N3O5/c1-30(2,3)13-23-31(17-9-8-14(32)10-20(17)37-29(31)42)24(15-6-5-7-18(33)25(15)35)26(38-23)27(39)36-21-12-19(34)16(28(40)41)11-22(21)43-4/h5-12,23-24,26,38H,13H2,1-4H3,(H,36,39)(H,37,42)(H,40,41)/t23-,24-,26+,31+/m0/s1. The van der Waals surface area contributed by atoms with Gasteiger partial charge < -0.3 is 25.8 Å². The van der Waals surface area contributed by atoms with Crippen molar-refractivity contribution in [1.29, 1.82) is 0 Å². The van der Waals surface area contributed by atoms with Crippen molar-refractivity contribution in [3.63, 3.8) is 0 Å². The van der Waals surface area contributed by atoms with Crippen LogP contribution in [0.15, 0.2) is 48.5 Å². The summed E-state index contributed by atoms with van der Waals surface area (Å²) in [5.41, 5.74) is -1.59.